The Bertz CT molecular complexity index is 961. The average Bonchev–Trinajstić information content (AvgIpc) is 3.01. The summed E-state index contributed by atoms with van der Waals surface area (Å²) in [4.78, 5) is 28.1. The molecule has 1 aliphatic rings. The van der Waals surface area contributed by atoms with Crippen LogP contribution in [-0.4, -0.2) is 37.5 Å². The number of carbonyl (C=O) groups excluding carboxylic acids is 2. The summed E-state index contributed by atoms with van der Waals surface area (Å²) in [6.07, 6.45) is 3.76. The third kappa shape index (κ3) is 4.43. The van der Waals surface area contributed by atoms with E-state index in [4.69, 9.17) is 0 Å². The first kappa shape index (κ1) is 18.8. The molecule has 2 amide bonds. The van der Waals surface area contributed by atoms with E-state index in [1.165, 1.54) is 4.31 Å². The molecule has 0 radical (unpaired) electrons. The molecule has 2 heterocycles. The number of carbonyl (C=O) groups is 2. The molecule has 8 nitrogen and oxygen atoms in total. The highest BCUT2D eigenvalue weighted by Gasteiger charge is 2.28. The van der Waals surface area contributed by atoms with Crippen LogP contribution in [0.4, 0.5) is 11.4 Å². The molecule has 1 aromatic carbocycles. The molecule has 0 aliphatic carbocycles. The zero-order chi connectivity index (χ0) is 19.4. The molecule has 1 fully saturated rings. The van der Waals surface area contributed by atoms with E-state index >= 15 is 0 Å². The third-order valence-electron chi connectivity index (χ3n) is 4.27. The lowest BCUT2D eigenvalue weighted by Crippen LogP contribution is -2.35. The van der Waals surface area contributed by atoms with Crippen molar-refractivity contribution < 1.29 is 18.0 Å². The summed E-state index contributed by atoms with van der Waals surface area (Å²) in [7, 11) is -3.32. The van der Waals surface area contributed by atoms with Crippen LogP contribution in [0, 0.1) is 6.92 Å². The van der Waals surface area contributed by atoms with Crippen molar-refractivity contribution in [1.29, 1.82) is 0 Å². The van der Waals surface area contributed by atoms with Crippen molar-refractivity contribution in [1.82, 2.24) is 10.3 Å². The zero-order valence-electron chi connectivity index (χ0n) is 14.8. The predicted molar refractivity (Wildman–Crippen MR) is 102 cm³/mol. The predicted octanol–water partition coefficient (Wildman–Crippen LogP) is 1.18. The minimum atomic E-state index is -3.32. The van der Waals surface area contributed by atoms with Crippen molar-refractivity contribution in [3.63, 3.8) is 0 Å². The van der Waals surface area contributed by atoms with Gasteiger partial charge in [-0.15, -0.1) is 0 Å². The number of anilines is 2. The SMILES string of the molecule is Cc1ccc(N2CCCS2(=O)=O)cc1NC(=O)C(=O)NCc1ccncc1. The molecule has 1 saturated heterocycles. The second kappa shape index (κ2) is 7.75. The lowest BCUT2D eigenvalue weighted by Gasteiger charge is -2.19. The van der Waals surface area contributed by atoms with Gasteiger partial charge in [0.15, 0.2) is 0 Å². The number of hydrogen-bond donors (Lipinski definition) is 2. The van der Waals surface area contributed by atoms with Gasteiger partial charge >= 0.3 is 11.8 Å². The normalized spacial score (nSPS) is 15.4. The van der Waals surface area contributed by atoms with Crippen LogP contribution < -0.4 is 14.9 Å². The quantitative estimate of drug-likeness (QED) is 0.765. The number of aromatic nitrogens is 1. The van der Waals surface area contributed by atoms with E-state index in [9.17, 15) is 18.0 Å². The van der Waals surface area contributed by atoms with Crippen LogP contribution in [0.3, 0.4) is 0 Å². The maximum atomic E-state index is 12.2. The number of benzene rings is 1. The molecule has 27 heavy (non-hydrogen) atoms. The van der Waals surface area contributed by atoms with Crippen molar-refractivity contribution in [2.45, 2.75) is 19.9 Å². The minimum absolute atomic E-state index is 0.111. The molecule has 0 atom stereocenters. The first-order valence-corrected chi connectivity index (χ1v) is 10.1. The Balaban J connectivity index is 1.68. The minimum Gasteiger partial charge on any atom is -0.344 e. The fraction of sp³-hybridized carbons (Fsp3) is 0.278. The molecule has 3 rings (SSSR count). The van der Waals surface area contributed by atoms with Gasteiger partial charge in [0.05, 0.1) is 11.4 Å². The zero-order valence-corrected chi connectivity index (χ0v) is 15.6. The maximum Gasteiger partial charge on any atom is 0.313 e. The van der Waals surface area contributed by atoms with Gasteiger partial charge in [0, 0.05) is 31.2 Å². The van der Waals surface area contributed by atoms with Gasteiger partial charge in [0.25, 0.3) is 0 Å². The Hall–Kier alpha value is -2.94. The second-order valence-corrected chi connectivity index (χ2v) is 8.25. The number of pyridine rings is 1. The molecular weight excluding hydrogens is 368 g/mol. The van der Waals surface area contributed by atoms with Crippen LogP contribution in [0.2, 0.25) is 0 Å². The highest BCUT2D eigenvalue weighted by Crippen LogP contribution is 2.28. The van der Waals surface area contributed by atoms with E-state index in [1.807, 2.05) is 0 Å². The fourth-order valence-electron chi connectivity index (χ4n) is 2.77. The summed E-state index contributed by atoms with van der Waals surface area (Å²) in [6.45, 7) is 2.39. The van der Waals surface area contributed by atoms with E-state index in [1.54, 1.807) is 49.6 Å². The summed E-state index contributed by atoms with van der Waals surface area (Å²) in [5, 5.41) is 5.09. The number of amides is 2. The molecule has 9 heteroatoms. The van der Waals surface area contributed by atoms with Crippen molar-refractivity contribution in [3.05, 3.63) is 53.9 Å². The standard InChI is InChI=1S/C18H20N4O4S/c1-13-3-4-15(22-9-2-10-27(22,25)26)11-16(13)21-18(24)17(23)20-12-14-5-7-19-8-6-14/h3-8,11H,2,9-10,12H2,1H3,(H,20,23)(H,21,24). The first-order chi connectivity index (χ1) is 12.9. The van der Waals surface area contributed by atoms with Gasteiger partial charge in [-0.1, -0.05) is 6.07 Å². The molecule has 0 saturated carbocycles. The number of rotatable bonds is 4. The van der Waals surface area contributed by atoms with E-state index < -0.39 is 21.8 Å². The Morgan fingerprint density at radius 1 is 1.15 bits per heavy atom. The van der Waals surface area contributed by atoms with E-state index in [-0.39, 0.29) is 12.3 Å². The molecular formula is C18H20N4O4S. The van der Waals surface area contributed by atoms with Crippen molar-refractivity contribution in [2.75, 3.05) is 21.9 Å². The van der Waals surface area contributed by atoms with Gasteiger partial charge in [-0.25, -0.2) is 8.42 Å². The fourth-order valence-corrected chi connectivity index (χ4v) is 4.33. The van der Waals surface area contributed by atoms with E-state index in [0.29, 0.717) is 24.3 Å². The average molecular weight is 388 g/mol. The van der Waals surface area contributed by atoms with Crippen LogP contribution in [-0.2, 0) is 26.2 Å². The van der Waals surface area contributed by atoms with E-state index in [2.05, 4.69) is 15.6 Å². The maximum absolute atomic E-state index is 12.2. The number of hydrogen-bond acceptors (Lipinski definition) is 5. The molecule has 0 bridgehead atoms. The summed E-state index contributed by atoms with van der Waals surface area (Å²) in [5.41, 5.74) is 2.43. The Labute approximate surface area is 157 Å². The first-order valence-electron chi connectivity index (χ1n) is 8.46. The summed E-state index contributed by atoms with van der Waals surface area (Å²) >= 11 is 0. The lowest BCUT2D eigenvalue weighted by atomic mass is 10.1. The Morgan fingerprint density at radius 3 is 2.56 bits per heavy atom. The van der Waals surface area contributed by atoms with Gasteiger partial charge in [0.1, 0.15) is 0 Å². The molecule has 2 N–H and O–H groups in total. The molecule has 2 aromatic rings. The van der Waals surface area contributed by atoms with Crippen LogP contribution >= 0.6 is 0 Å². The monoisotopic (exact) mass is 388 g/mol. The van der Waals surface area contributed by atoms with Gasteiger partial charge in [-0.2, -0.15) is 0 Å². The van der Waals surface area contributed by atoms with Gasteiger partial charge in [0.2, 0.25) is 10.0 Å². The molecule has 1 aromatic heterocycles. The number of aryl methyl sites for hydroxylation is 1. The van der Waals surface area contributed by atoms with E-state index in [0.717, 1.165) is 11.1 Å². The van der Waals surface area contributed by atoms with Crippen LogP contribution in [0.5, 0.6) is 0 Å². The van der Waals surface area contributed by atoms with Crippen LogP contribution in [0.15, 0.2) is 42.7 Å². The molecule has 0 unspecified atom stereocenters. The van der Waals surface area contributed by atoms with Crippen LogP contribution in [0.1, 0.15) is 17.5 Å². The number of sulfonamides is 1. The Kier molecular flexibility index (Phi) is 5.41. The highest BCUT2D eigenvalue weighted by molar-refractivity contribution is 7.93. The second-order valence-electron chi connectivity index (χ2n) is 6.23. The number of nitrogens with one attached hydrogen (secondary N) is 2. The molecule has 1 aliphatic heterocycles. The highest BCUT2D eigenvalue weighted by atomic mass is 32.2. The largest absolute Gasteiger partial charge is 0.344 e. The van der Waals surface area contributed by atoms with Crippen molar-refractivity contribution in [2.24, 2.45) is 0 Å². The van der Waals surface area contributed by atoms with Crippen LogP contribution in [0.25, 0.3) is 0 Å². The smallest absolute Gasteiger partial charge is 0.313 e. The van der Waals surface area contributed by atoms with Gasteiger partial charge in [-0.3, -0.25) is 18.9 Å². The van der Waals surface area contributed by atoms with Gasteiger partial charge in [-0.05, 0) is 48.7 Å². The molecule has 142 valence electrons. The van der Waals surface area contributed by atoms with Crippen molar-refractivity contribution >= 4 is 33.2 Å². The third-order valence-corrected chi connectivity index (χ3v) is 6.13. The summed E-state index contributed by atoms with van der Waals surface area (Å²) in [5.74, 6) is -1.47. The Morgan fingerprint density at radius 2 is 1.89 bits per heavy atom. The number of nitrogens with zero attached hydrogens (tertiary/aromatic N) is 2. The molecule has 0 spiro atoms. The van der Waals surface area contributed by atoms with Crippen molar-refractivity contribution in [3.8, 4) is 0 Å². The van der Waals surface area contributed by atoms with Gasteiger partial charge < -0.3 is 10.6 Å². The summed E-state index contributed by atoms with van der Waals surface area (Å²) in [6, 6.07) is 8.46. The summed E-state index contributed by atoms with van der Waals surface area (Å²) < 4.78 is 25.5. The lowest BCUT2D eigenvalue weighted by molar-refractivity contribution is -0.136. The topological polar surface area (TPSA) is 108 Å².